The van der Waals surface area contributed by atoms with Crippen LogP contribution in [0.25, 0.3) is 0 Å². The molecule has 1 atom stereocenters. The molecule has 0 amide bonds. The molecule has 0 aromatic rings. The molecule has 0 aliphatic heterocycles. The summed E-state index contributed by atoms with van der Waals surface area (Å²) >= 11 is 0. The molecule has 3 nitrogen and oxygen atoms in total. The van der Waals surface area contributed by atoms with Crippen molar-refractivity contribution in [2.24, 2.45) is 0 Å². The fourth-order valence-electron chi connectivity index (χ4n) is 1.50. The van der Waals surface area contributed by atoms with Gasteiger partial charge in [-0.3, -0.25) is 0 Å². The normalized spacial score (nSPS) is 18.0. The van der Waals surface area contributed by atoms with E-state index in [1.54, 1.807) is 0 Å². The molecule has 2 N–H and O–H groups in total. The Hall–Kier alpha value is -0.120. The molecule has 0 saturated heterocycles. The minimum atomic E-state index is -0.336. The highest BCUT2D eigenvalue weighted by atomic mass is 16.5. The Bertz CT molecular complexity index is 149. The summed E-state index contributed by atoms with van der Waals surface area (Å²) in [7, 11) is 0. The Morgan fingerprint density at radius 1 is 1.33 bits per heavy atom. The average molecular weight is 215 g/mol. The fourth-order valence-corrected chi connectivity index (χ4v) is 1.50. The molecule has 3 heteroatoms. The molecule has 0 radical (unpaired) electrons. The van der Waals surface area contributed by atoms with Crippen molar-refractivity contribution in [3.05, 3.63) is 0 Å². The molecule has 90 valence electrons. The summed E-state index contributed by atoms with van der Waals surface area (Å²) in [6, 6.07) is 0.671. The van der Waals surface area contributed by atoms with Crippen molar-refractivity contribution in [3.63, 3.8) is 0 Å². The number of ether oxygens (including phenoxy) is 1. The van der Waals surface area contributed by atoms with E-state index in [-0.39, 0.29) is 6.10 Å². The Kier molecular flexibility index (Phi) is 6.98. The second-order valence-electron chi connectivity index (χ2n) is 4.47. The van der Waals surface area contributed by atoms with Crippen molar-refractivity contribution in [2.75, 3.05) is 19.8 Å². The van der Waals surface area contributed by atoms with E-state index in [2.05, 4.69) is 12.2 Å². The van der Waals surface area contributed by atoms with Crippen LogP contribution in [0.2, 0.25) is 0 Å². The standard InChI is InChI=1S/C12H25NO2/c1-2-3-4-5-8-15-10-12(14)9-13-11-6-7-11/h11-14H,2-10H2,1H3. The van der Waals surface area contributed by atoms with Crippen LogP contribution in [-0.4, -0.2) is 37.0 Å². The van der Waals surface area contributed by atoms with Gasteiger partial charge in [-0.15, -0.1) is 0 Å². The van der Waals surface area contributed by atoms with Gasteiger partial charge >= 0.3 is 0 Å². The smallest absolute Gasteiger partial charge is 0.0897 e. The maximum absolute atomic E-state index is 9.54. The first-order valence-corrected chi connectivity index (χ1v) is 6.32. The van der Waals surface area contributed by atoms with Gasteiger partial charge in [-0.05, 0) is 19.3 Å². The van der Waals surface area contributed by atoms with Gasteiger partial charge < -0.3 is 15.2 Å². The van der Waals surface area contributed by atoms with E-state index < -0.39 is 0 Å². The Balaban J connectivity index is 1.77. The second-order valence-corrected chi connectivity index (χ2v) is 4.47. The van der Waals surface area contributed by atoms with E-state index in [1.807, 2.05) is 0 Å². The van der Waals surface area contributed by atoms with Crippen molar-refractivity contribution < 1.29 is 9.84 Å². The summed E-state index contributed by atoms with van der Waals surface area (Å²) in [5.41, 5.74) is 0. The van der Waals surface area contributed by atoms with Gasteiger partial charge in [0.1, 0.15) is 0 Å². The molecule has 15 heavy (non-hydrogen) atoms. The van der Waals surface area contributed by atoms with E-state index in [4.69, 9.17) is 4.74 Å². The maximum atomic E-state index is 9.54. The summed E-state index contributed by atoms with van der Waals surface area (Å²) in [6.07, 6.45) is 7.11. The lowest BCUT2D eigenvalue weighted by Crippen LogP contribution is -2.31. The number of nitrogens with one attached hydrogen (secondary N) is 1. The molecule has 1 rings (SSSR count). The van der Waals surface area contributed by atoms with Crippen LogP contribution in [0.3, 0.4) is 0 Å². The van der Waals surface area contributed by atoms with Gasteiger partial charge in [0.05, 0.1) is 12.7 Å². The molecule has 1 fully saturated rings. The largest absolute Gasteiger partial charge is 0.389 e. The van der Waals surface area contributed by atoms with Crippen molar-refractivity contribution in [1.29, 1.82) is 0 Å². The molecular formula is C12H25NO2. The van der Waals surface area contributed by atoms with Gasteiger partial charge in [0.2, 0.25) is 0 Å². The molecule has 1 aliphatic carbocycles. The molecule has 0 aromatic carbocycles. The number of hydrogen-bond acceptors (Lipinski definition) is 3. The van der Waals surface area contributed by atoms with Gasteiger partial charge in [0.25, 0.3) is 0 Å². The van der Waals surface area contributed by atoms with Crippen molar-refractivity contribution in [2.45, 2.75) is 57.6 Å². The second kappa shape index (κ2) is 8.08. The fraction of sp³-hybridized carbons (Fsp3) is 1.00. The molecule has 1 unspecified atom stereocenters. The van der Waals surface area contributed by atoms with Gasteiger partial charge in [-0.25, -0.2) is 0 Å². The highest BCUT2D eigenvalue weighted by Crippen LogP contribution is 2.18. The van der Waals surface area contributed by atoms with Crippen molar-refractivity contribution >= 4 is 0 Å². The first-order chi connectivity index (χ1) is 7.33. The summed E-state index contributed by atoms with van der Waals surface area (Å²) in [4.78, 5) is 0. The summed E-state index contributed by atoms with van der Waals surface area (Å²) in [5, 5.41) is 12.8. The van der Waals surface area contributed by atoms with Crippen LogP contribution in [0.4, 0.5) is 0 Å². The van der Waals surface area contributed by atoms with Crippen LogP contribution < -0.4 is 5.32 Å². The summed E-state index contributed by atoms with van der Waals surface area (Å²) < 4.78 is 5.40. The van der Waals surface area contributed by atoms with E-state index >= 15 is 0 Å². The monoisotopic (exact) mass is 215 g/mol. The van der Waals surface area contributed by atoms with Gasteiger partial charge in [0, 0.05) is 19.2 Å². The third-order valence-electron chi connectivity index (χ3n) is 2.67. The molecule has 0 bridgehead atoms. The molecule has 0 spiro atoms. The molecule has 0 heterocycles. The Morgan fingerprint density at radius 2 is 2.13 bits per heavy atom. The predicted molar refractivity (Wildman–Crippen MR) is 62.0 cm³/mol. The zero-order valence-corrected chi connectivity index (χ0v) is 9.87. The number of hydrogen-bond donors (Lipinski definition) is 2. The van der Waals surface area contributed by atoms with Crippen LogP contribution in [-0.2, 0) is 4.74 Å². The minimum Gasteiger partial charge on any atom is -0.389 e. The lowest BCUT2D eigenvalue weighted by molar-refractivity contribution is 0.0353. The topological polar surface area (TPSA) is 41.5 Å². The van der Waals surface area contributed by atoms with Crippen LogP contribution in [0.1, 0.15) is 45.4 Å². The Morgan fingerprint density at radius 3 is 2.80 bits per heavy atom. The Labute approximate surface area is 93.2 Å². The van der Waals surface area contributed by atoms with Crippen LogP contribution >= 0.6 is 0 Å². The number of aliphatic hydroxyl groups excluding tert-OH is 1. The highest BCUT2D eigenvalue weighted by Gasteiger charge is 2.21. The van der Waals surface area contributed by atoms with Crippen molar-refractivity contribution in [1.82, 2.24) is 5.32 Å². The van der Waals surface area contributed by atoms with Gasteiger partial charge in [-0.1, -0.05) is 26.2 Å². The molecule has 1 saturated carbocycles. The van der Waals surface area contributed by atoms with Crippen LogP contribution in [0.5, 0.6) is 0 Å². The number of unbranched alkanes of at least 4 members (excludes halogenated alkanes) is 3. The lowest BCUT2D eigenvalue weighted by atomic mass is 10.2. The van der Waals surface area contributed by atoms with E-state index in [9.17, 15) is 5.11 Å². The lowest BCUT2D eigenvalue weighted by Gasteiger charge is -2.11. The maximum Gasteiger partial charge on any atom is 0.0897 e. The third kappa shape index (κ3) is 7.77. The van der Waals surface area contributed by atoms with Crippen molar-refractivity contribution in [3.8, 4) is 0 Å². The van der Waals surface area contributed by atoms with E-state index in [0.717, 1.165) is 13.0 Å². The zero-order chi connectivity index (χ0) is 10.9. The van der Waals surface area contributed by atoms with E-state index in [0.29, 0.717) is 19.2 Å². The first-order valence-electron chi connectivity index (χ1n) is 6.32. The number of aliphatic hydroxyl groups is 1. The van der Waals surface area contributed by atoms with Gasteiger partial charge in [0.15, 0.2) is 0 Å². The third-order valence-corrected chi connectivity index (χ3v) is 2.67. The van der Waals surface area contributed by atoms with E-state index in [1.165, 1.54) is 32.1 Å². The summed E-state index contributed by atoms with van der Waals surface area (Å²) in [6.45, 7) is 4.15. The first kappa shape index (κ1) is 12.9. The molecule has 1 aliphatic rings. The van der Waals surface area contributed by atoms with Crippen LogP contribution in [0.15, 0.2) is 0 Å². The quantitative estimate of drug-likeness (QED) is 0.545. The minimum absolute atomic E-state index is 0.336. The molecular weight excluding hydrogens is 190 g/mol. The number of rotatable bonds is 10. The average Bonchev–Trinajstić information content (AvgIpc) is 3.04. The highest BCUT2D eigenvalue weighted by molar-refractivity contribution is 4.81. The van der Waals surface area contributed by atoms with Crippen LogP contribution in [0, 0.1) is 0 Å². The predicted octanol–water partition coefficient (Wildman–Crippen LogP) is 1.70. The molecule has 0 aromatic heterocycles. The van der Waals surface area contributed by atoms with Gasteiger partial charge in [-0.2, -0.15) is 0 Å². The SMILES string of the molecule is CCCCCCOCC(O)CNC1CC1. The zero-order valence-electron chi connectivity index (χ0n) is 9.87. The summed E-state index contributed by atoms with van der Waals surface area (Å²) in [5.74, 6) is 0.